The average molecular weight is 360 g/mol. The van der Waals surface area contributed by atoms with Crippen LogP contribution in [0.3, 0.4) is 0 Å². The molecule has 10 heteroatoms. The lowest BCUT2D eigenvalue weighted by atomic mass is 10.3. The summed E-state index contributed by atoms with van der Waals surface area (Å²) in [5.74, 6) is -1.03. The highest BCUT2D eigenvalue weighted by molar-refractivity contribution is 7.85. The van der Waals surface area contributed by atoms with Gasteiger partial charge in [-0.25, -0.2) is 4.79 Å². The molecule has 0 aliphatic carbocycles. The van der Waals surface area contributed by atoms with E-state index in [1.54, 1.807) is 0 Å². The molecule has 9 nitrogen and oxygen atoms in total. The van der Waals surface area contributed by atoms with Gasteiger partial charge in [0.1, 0.15) is 12.6 Å². The van der Waals surface area contributed by atoms with Gasteiger partial charge in [-0.1, -0.05) is 0 Å². The second-order valence-electron chi connectivity index (χ2n) is 7.16. The normalized spacial score (nSPS) is 13.9. The first-order valence-electron chi connectivity index (χ1n) is 7.16. The lowest BCUT2D eigenvalue weighted by Gasteiger charge is -2.31. The smallest absolute Gasteiger partial charge is 0.359 e. The molecule has 0 bridgehead atoms. The molecule has 0 saturated carbocycles. The quantitative estimate of drug-likeness (QED) is 0.290. The standard InChI is InChI=1S/C8H19NO5S.C5H11NO2/c1-9(2,6-8(11)7-10)4-3-5-15(12,13)14;1-6(2,3)4-5(7)8/h8,10-11H,3-7H2,1-2H3;4H2,1-3H3/p+2. The largest absolute Gasteiger partial charge is 0.477 e. The Morgan fingerprint density at radius 2 is 1.61 bits per heavy atom. The number of quaternary nitrogens is 2. The van der Waals surface area contributed by atoms with Crippen LogP contribution in [0.4, 0.5) is 0 Å². The van der Waals surface area contributed by atoms with E-state index < -0.39 is 22.2 Å². The second-order valence-corrected chi connectivity index (χ2v) is 8.73. The predicted octanol–water partition coefficient (Wildman–Crippen LogP) is -1.53. The molecule has 0 heterocycles. The van der Waals surface area contributed by atoms with Gasteiger partial charge in [-0.15, -0.1) is 0 Å². The number of aliphatic hydroxyl groups is 2. The minimum atomic E-state index is -3.90. The minimum absolute atomic E-state index is 0.181. The van der Waals surface area contributed by atoms with Crippen molar-refractivity contribution in [1.29, 1.82) is 0 Å². The molecule has 0 radical (unpaired) electrons. The topological polar surface area (TPSA) is 132 Å². The summed E-state index contributed by atoms with van der Waals surface area (Å²) in [6.45, 7) is 0.735. The van der Waals surface area contributed by atoms with E-state index in [0.29, 0.717) is 28.5 Å². The van der Waals surface area contributed by atoms with Gasteiger partial charge in [-0.3, -0.25) is 4.55 Å². The summed E-state index contributed by atoms with van der Waals surface area (Å²) in [4.78, 5) is 10.00. The number of carbonyl (C=O) groups is 1. The summed E-state index contributed by atoms with van der Waals surface area (Å²) in [6, 6.07) is 0. The van der Waals surface area contributed by atoms with Crippen molar-refractivity contribution < 1.29 is 42.1 Å². The molecule has 23 heavy (non-hydrogen) atoms. The fraction of sp³-hybridized carbons (Fsp3) is 0.923. The third kappa shape index (κ3) is 21.2. The first-order chi connectivity index (χ1) is 10.1. The van der Waals surface area contributed by atoms with Crippen LogP contribution in [-0.2, 0) is 14.9 Å². The number of aliphatic hydroxyl groups excluding tert-OH is 2. The van der Waals surface area contributed by atoms with E-state index in [-0.39, 0.29) is 18.9 Å². The number of hydrogen-bond acceptors (Lipinski definition) is 5. The number of rotatable bonds is 9. The van der Waals surface area contributed by atoms with Crippen molar-refractivity contribution in [2.24, 2.45) is 0 Å². The molecule has 4 N–H and O–H groups in total. The maximum absolute atomic E-state index is 10.5. The molecule has 0 aliphatic heterocycles. The van der Waals surface area contributed by atoms with Crippen LogP contribution < -0.4 is 0 Å². The third-order valence-corrected chi connectivity index (χ3v) is 3.50. The summed E-state index contributed by atoms with van der Waals surface area (Å²) in [5, 5.41) is 26.1. The van der Waals surface area contributed by atoms with E-state index in [2.05, 4.69) is 0 Å². The molecular weight excluding hydrogens is 328 g/mol. The molecule has 0 saturated heterocycles. The number of hydrogen-bond donors (Lipinski definition) is 4. The molecule has 140 valence electrons. The van der Waals surface area contributed by atoms with Crippen LogP contribution in [0.15, 0.2) is 0 Å². The number of carboxylic acids is 1. The average Bonchev–Trinajstić information content (AvgIpc) is 2.23. The highest BCUT2D eigenvalue weighted by Crippen LogP contribution is 2.03. The van der Waals surface area contributed by atoms with E-state index >= 15 is 0 Å². The third-order valence-electron chi connectivity index (χ3n) is 2.69. The zero-order chi connectivity index (χ0) is 18.9. The Kier molecular flexibility index (Phi) is 10.8. The Balaban J connectivity index is 0. The molecule has 0 aliphatic rings. The van der Waals surface area contributed by atoms with Crippen molar-refractivity contribution in [2.45, 2.75) is 12.5 Å². The van der Waals surface area contributed by atoms with Crippen LogP contribution in [-0.4, -0.2) is 117 Å². The van der Waals surface area contributed by atoms with Gasteiger partial charge in [0, 0.05) is 6.42 Å². The molecule has 0 rings (SSSR count). The molecule has 0 spiro atoms. The lowest BCUT2D eigenvalue weighted by Crippen LogP contribution is -2.47. The summed E-state index contributed by atoms with van der Waals surface area (Å²) >= 11 is 0. The number of likely N-dealkylation sites (N-methyl/N-ethyl adjacent to an activating group) is 2. The van der Waals surface area contributed by atoms with Gasteiger partial charge in [0.25, 0.3) is 10.1 Å². The molecule has 0 amide bonds. The second kappa shape index (κ2) is 10.2. The fourth-order valence-electron chi connectivity index (χ4n) is 1.80. The van der Waals surface area contributed by atoms with Crippen LogP contribution in [0, 0.1) is 0 Å². The van der Waals surface area contributed by atoms with Crippen LogP contribution in [0.5, 0.6) is 0 Å². The van der Waals surface area contributed by atoms with Crippen LogP contribution in [0.1, 0.15) is 6.42 Å². The van der Waals surface area contributed by atoms with Crippen LogP contribution in [0.25, 0.3) is 0 Å². The van der Waals surface area contributed by atoms with Gasteiger partial charge >= 0.3 is 5.97 Å². The maximum Gasteiger partial charge on any atom is 0.359 e. The van der Waals surface area contributed by atoms with E-state index in [1.165, 1.54) is 0 Å². The Bertz CT molecular complexity index is 444. The van der Waals surface area contributed by atoms with Crippen molar-refractivity contribution in [3.05, 3.63) is 0 Å². The van der Waals surface area contributed by atoms with E-state index in [4.69, 9.17) is 14.8 Å². The Morgan fingerprint density at radius 3 is 1.87 bits per heavy atom. The first-order valence-corrected chi connectivity index (χ1v) is 8.77. The van der Waals surface area contributed by atoms with E-state index in [9.17, 15) is 18.3 Å². The molecule has 0 aromatic heterocycles. The number of aliphatic carboxylic acids is 1. The van der Waals surface area contributed by atoms with Crippen molar-refractivity contribution in [2.75, 3.05) is 67.2 Å². The number of carboxylic acid groups (broad SMARTS) is 1. The Hall–Kier alpha value is -0.780. The monoisotopic (exact) mass is 360 g/mol. The zero-order valence-electron chi connectivity index (χ0n) is 14.6. The minimum Gasteiger partial charge on any atom is -0.477 e. The van der Waals surface area contributed by atoms with Gasteiger partial charge < -0.3 is 24.3 Å². The molecule has 0 aromatic rings. The van der Waals surface area contributed by atoms with Crippen molar-refractivity contribution in [1.82, 2.24) is 0 Å². The predicted molar refractivity (Wildman–Crippen MR) is 86.5 cm³/mol. The van der Waals surface area contributed by atoms with Crippen LogP contribution >= 0.6 is 0 Å². The highest BCUT2D eigenvalue weighted by atomic mass is 32.2. The number of nitrogens with zero attached hydrogens (tertiary/aromatic N) is 2. The summed E-state index contributed by atoms with van der Waals surface area (Å²) in [7, 11) is 5.27. The molecule has 1 atom stereocenters. The molecule has 0 fully saturated rings. The van der Waals surface area contributed by atoms with Crippen LogP contribution in [0.2, 0.25) is 0 Å². The van der Waals surface area contributed by atoms with Crippen molar-refractivity contribution in [3.63, 3.8) is 0 Å². The Morgan fingerprint density at radius 1 is 1.13 bits per heavy atom. The zero-order valence-corrected chi connectivity index (χ0v) is 15.5. The van der Waals surface area contributed by atoms with Gasteiger partial charge in [-0.2, -0.15) is 8.42 Å². The lowest BCUT2D eigenvalue weighted by molar-refractivity contribution is -0.893. The highest BCUT2D eigenvalue weighted by Gasteiger charge is 2.20. The van der Waals surface area contributed by atoms with E-state index in [1.807, 2.05) is 35.2 Å². The molecule has 1 unspecified atom stereocenters. The maximum atomic E-state index is 10.5. The SMILES string of the molecule is C[N+](C)(C)CC(=O)O.C[N+](C)(CCCS(=O)(=O)O)CC(O)CO. The van der Waals surface area contributed by atoms with Crippen molar-refractivity contribution >= 4 is 16.1 Å². The van der Waals surface area contributed by atoms with Crippen molar-refractivity contribution in [3.8, 4) is 0 Å². The fourth-order valence-corrected chi connectivity index (χ4v) is 2.29. The molecular formula is C13H32N2O7S+2. The summed E-state index contributed by atoms with van der Waals surface area (Å²) < 4.78 is 30.3. The van der Waals surface area contributed by atoms with Gasteiger partial charge in [0.05, 0.1) is 54.1 Å². The summed E-state index contributed by atoms with van der Waals surface area (Å²) in [6.07, 6.45) is -0.477. The van der Waals surface area contributed by atoms with Gasteiger partial charge in [-0.05, 0) is 0 Å². The van der Waals surface area contributed by atoms with Gasteiger partial charge in [0.15, 0.2) is 6.54 Å². The first kappa shape index (κ1) is 24.5. The van der Waals surface area contributed by atoms with E-state index in [0.717, 1.165) is 0 Å². The Labute approximate surface area is 138 Å². The summed E-state index contributed by atoms with van der Waals surface area (Å²) in [5.41, 5.74) is 0. The van der Waals surface area contributed by atoms with Gasteiger partial charge in [0.2, 0.25) is 0 Å². The molecule has 0 aromatic carbocycles.